The van der Waals surface area contributed by atoms with E-state index in [-0.39, 0.29) is 0 Å². The van der Waals surface area contributed by atoms with Crippen molar-refractivity contribution in [2.45, 2.75) is 44.6 Å². The van der Waals surface area contributed by atoms with Crippen LogP contribution in [0.15, 0.2) is 0 Å². The maximum atomic E-state index is 11.9. The number of ether oxygens (including phenoxy) is 6. The molecule has 9 nitrogen and oxygen atoms in total. The number of carbonyl (C=O) groups is 3. The van der Waals surface area contributed by atoms with E-state index in [1.165, 1.54) is 21.1 Å². The smallest absolute Gasteiger partial charge is 0.339 e. The molecule has 126 valence electrons. The number of carbonyl (C=O) groups excluding carboxylic acids is 3. The molecule has 0 aromatic heterocycles. The van der Waals surface area contributed by atoms with E-state index in [1.807, 2.05) is 0 Å². The van der Waals surface area contributed by atoms with Gasteiger partial charge in [-0.25, -0.2) is 4.79 Å². The van der Waals surface area contributed by atoms with Crippen LogP contribution in [0.25, 0.3) is 0 Å². The number of hydrogen-bond acceptors (Lipinski definition) is 9. The zero-order valence-corrected chi connectivity index (χ0v) is 13.1. The Balaban J connectivity index is 3.19. The van der Waals surface area contributed by atoms with Crippen LogP contribution >= 0.6 is 0 Å². The maximum Gasteiger partial charge on any atom is 0.339 e. The molecule has 0 spiro atoms. The minimum absolute atomic E-state index is 0.635. The number of esters is 3. The summed E-state index contributed by atoms with van der Waals surface area (Å²) in [4.78, 5) is 34.5. The third-order valence-corrected chi connectivity index (χ3v) is 3.04. The quantitative estimate of drug-likeness (QED) is 0.485. The molecule has 1 aliphatic rings. The molecule has 0 bridgehead atoms. The first kappa shape index (κ1) is 18.3. The highest BCUT2D eigenvalue weighted by molar-refractivity contribution is 5.77. The van der Waals surface area contributed by atoms with E-state index in [9.17, 15) is 14.4 Å². The summed E-state index contributed by atoms with van der Waals surface area (Å²) in [5.41, 5.74) is 0. The van der Waals surface area contributed by atoms with Gasteiger partial charge in [-0.2, -0.15) is 0 Å². The molecule has 0 radical (unpaired) electrons. The third kappa shape index (κ3) is 4.15. The lowest BCUT2D eigenvalue weighted by Crippen LogP contribution is -2.63. The summed E-state index contributed by atoms with van der Waals surface area (Å²) in [5.74, 6) is -2.10. The van der Waals surface area contributed by atoms with E-state index in [4.69, 9.17) is 23.7 Å². The first-order chi connectivity index (χ1) is 10.3. The van der Waals surface area contributed by atoms with Gasteiger partial charge in [0, 0.05) is 28.1 Å². The molecular formula is C13H20O9. The molecule has 0 amide bonds. The van der Waals surface area contributed by atoms with E-state index < -0.39 is 48.6 Å². The largest absolute Gasteiger partial charge is 0.467 e. The fourth-order valence-corrected chi connectivity index (χ4v) is 2.20. The van der Waals surface area contributed by atoms with Crippen molar-refractivity contribution >= 4 is 17.9 Å². The average Bonchev–Trinajstić information content (AvgIpc) is 2.46. The SMILES string of the molecule is COC(=O)[C@H]1O[C@H](OC)[C@@H](OC)[C@@H](OC(C)=O)[C@@H]1OC(C)=O. The minimum Gasteiger partial charge on any atom is -0.467 e. The Morgan fingerprint density at radius 3 is 1.77 bits per heavy atom. The molecule has 1 saturated heterocycles. The lowest BCUT2D eigenvalue weighted by atomic mass is 9.98. The Hall–Kier alpha value is -1.71. The predicted molar refractivity (Wildman–Crippen MR) is 69.6 cm³/mol. The fourth-order valence-electron chi connectivity index (χ4n) is 2.20. The zero-order chi connectivity index (χ0) is 16.9. The van der Waals surface area contributed by atoms with E-state index in [1.54, 1.807) is 0 Å². The molecule has 1 heterocycles. The molecular weight excluding hydrogens is 300 g/mol. The molecule has 0 aromatic carbocycles. The van der Waals surface area contributed by atoms with Gasteiger partial charge in [0.15, 0.2) is 24.6 Å². The maximum absolute atomic E-state index is 11.9. The molecule has 1 aliphatic heterocycles. The van der Waals surface area contributed by atoms with Crippen molar-refractivity contribution in [3.63, 3.8) is 0 Å². The van der Waals surface area contributed by atoms with E-state index in [0.29, 0.717) is 0 Å². The van der Waals surface area contributed by atoms with Crippen LogP contribution in [0.4, 0.5) is 0 Å². The normalized spacial score (nSPS) is 31.2. The summed E-state index contributed by atoms with van der Waals surface area (Å²) in [6.45, 7) is 2.34. The van der Waals surface area contributed by atoms with Crippen LogP contribution in [0.2, 0.25) is 0 Å². The van der Waals surface area contributed by atoms with Gasteiger partial charge in [-0.3, -0.25) is 9.59 Å². The molecule has 0 aromatic rings. The summed E-state index contributed by atoms with van der Waals surface area (Å²) in [6, 6.07) is 0. The molecule has 0 N–H and O–H groups in total. The number of methoxy groups -OCH3 is 3. The lowest BCUT2D eigenvalue weighted by Gasteiger charge is -2.42. The fraction of sp³-hybridized carbons (Fsp3) is 0.769. The number of rotatable bonds is 5. The van der Waals surface area contributed by atoms with E-state index in [0.717, 1.165) is 14.0 Å². The van der Waals surface area contributed by atoms with E-state index >= 15 is 0 Å². The average molecular weight is 320 g/mol. The topological polar surface area (TPSA) is 107 Å². The highest BCUT2D eigenvalue weighted by Crippen LogP contribution is 2.29. The monoisotopic (exact) mass is 320 g/mol. The molecule has 5 atom stereocenters. The van der Waals surface area contributed by atoms with Crippen LogP contribution < -0.4 is 0 Å². The van der Waals surface area contributed by atoms with Crippen LogP contribution in [0, 0.1) is 0 Å². The molecule has 9 heteroatoms. The first-order valence-electron chi connectivity index (χ1n) is 6.49. The lowest BCUT2D eigenvalue weighted by molar-refractivity contribution is -0.297. The standard InChI is InChI=1S/C13H20O9/c1-6(14)20-8-9(21-7(2)15)11(17-3)13(19-5)22-10(8)12(16)18-4/h8-11,13H,1-5H3/t8-,9-,10-,11-,13-/m0/s1. The zero-order valence-electron chi connectivity index (χ0n) is 13.1. The Morgan fingerprint density at radius 1 is 0.818 bits per heavy atom. The van der Waals surface area contributed by atoms with Gasteiger partial charge in [-0.1, -0.05) is 0 Å². The van der Waals surface area contributed by atoms with E-state index in [2.05, 4.69) is 4.74 Å². The van der Waals surface area contributed by atoms with Crippen molar-refractivity contribution in [1.29, 1.82) is 0 Å². The Labute approximate surface area is 127 Å². The predicted octanol–water partition coefficient (Wildman–Crippen LogP) is -0.591. The van der Waals surface area contributed by atoms with Crippen LogP contribution in [0.3, 0.4) is 0 Å². The minimum atomic E-state index is -1.31. The molecule has 0 unspecified atom stereocenters. The van der Waals surface area contributed by atoms with Crippen molar-refractivity contribution in [3.8, 4) is 0 Å². The second kappa shape index (κ2) is 8.06. The molecule has 0 saturated carbocycles. The van der Waals surface area contributed by atoms with Crippen LogP contribution in [-0.2, 0) is 42.8 Å². The Bertz CT molecular complexity index is 422. The second-order valence-electron chi connectivity index (χ2n) is 4.53. The van der Waals surface area contributed by atoms with Crippen LogP contribution in [-0.4, -0.2) is 69.9 Å². The van der Waals surface area contributed by atoms with Gasteiger partial charge in [0.1, 0.15) is 6.10 Å². The summed E-state index contributed by atoms with van der Waals surface area (Å²) in [7, 11) is 3.84. The summed E-state index contributed by atoms with van der Waals surface area (Å²) in [6.07, 6.45) is -5.52. The summed E-state index contributed by atoms with van der Waals surface area (Å²) >= 11 is 0. The third-order valence-electron chi connectivity index (χ3n) is 3.04. The molecule has 0 aliphatic carbocycles. The van der Waals surface area contributed by atoms with Crippen molar-refractivity contribution < 1.29 is 42.8 Å². The summed E-state index contributed by atoms with van der Waals surface area (Å²) in [5, 5.41) is 0. The van der Waals surface area contributed by atoms with Crippen molar-refractivity contribution in [2.75, 3.05) is 21.3 Å². The Kier molecular flexibility index (Phi) is 6.72. The molecule has 1 rings (SSSR count). The first-order valence-corrected chi connectivity index (χ1v) is 6.49. The molecule has 1 fully saturated rings. The van der Waals surface area contributed by atoms with Crippen molar-refractivity contribution in [2.24, 2.45) is 0 Å². The van der Waals surface area contributed by atoms with Gasteiger partial charge >= 0.3 is 17.9 Å². The molecule has 22 heavy (non-hydrogen) atoms. The van der Waals surface area contributed by atoms with Crippen molar-refractivity contribution in [1.82, 2.24) is 0 Å². The van der Waals surface area contributed by atoms with Gasteiger partial charge in [-0.05, 0) is 0 Å². The van der Waals surface area contributed by atoms with Gasteiger partial charge in [0.25, 0.3) is 0 Å². The summed E-state index contributed by atoms with van der Waals surface area (Å²) < 4.78 is 30.6. The van der Waals surface area contributed by atoms with Crippen molar-refractivity contribution in [3.05, 3.63) is 0 Å². The second-order valence-corrected chi connectivity index (χ2v) is 4.53. The van der Waals surface area contributed by atoms with Gasteiger partial charge in [0.05, 0.1) is 7.11 Å². The van der Waals surface area contributed by atoms with Crippen LogP contribution in [0.5, 0.6) is 0 Å². The number of hydrogen-bond donors (Lipinski definition) is 0. The highest BCUT2D eigenvalue weighted by atomic mass is 16.7. The van der Waals surface area contributed by atoms with Gasteiger partial charge in [0.2, 0.25) is 0 Å². The van der Waals surface area contributed by atoms with Gasteiger partial charge in [-0.15, -0.1) is 0 Å². The van der Waals surface area contributed by atoms with Crippen LogP contribution in [0.1, 0.15) is 13.8 Å². The van der Waals surface area contributed by atoms with Gasteiger partial charge < -0.3 is 28.4 Å². The Morgan fingerprint density at radius 2 is 1.36 bits per heavy atom. The highest BCUT2D eigenvalue weighted by Gasteiger charge is 2.53.